The smallest absolute Gasteiger partial charge is 0.180 e. The van der Waals surface area contributed by atoms with Crippen LogP contribution in [0.25, 0.3) is 22.3 Å². The Hall–Kier alpha value is -2.90. The van der Waals surface area contributed by atoms with E-state index < -0.39 is 0 Å². The van der Waals surface area contributed by atoms with Crippen LogP contribution < -0.4 is 0 Å². The van der Waals surface area contributed by atoms with Crippen LogP contribution in [0.4, 0.5) is 0 Å². The summed E-state index contributed by atoms with van der Waals surface area (Å²) < 4.78 is 0. The molecule has 0 aliphatic carbocycles. The summed E-state index contributed by atoms with van der Waals surface area (Å²) in [6.45, 7) is 10.6. The lowest BCUT2D eigenvalue weighted by Gasteiger charge is -2.21. The van der Waals surface area contributed by atoms with Gasteiger partial charge >= 0.3 is 0 Å². The minimum absolute atomic E-state index is 0.0601. The van der Waals surface area contributed by atoms with E-state index in [1.807, 2.05) is 6.07 Å². The van der Waals surface area contributed by atoms with Crippen LogP contribution in [-0.2, 0) is 17.3 Å². The first-order chi connectivity index (χ1) is 12.2. The van der Waals surface area contributed by atoms with Crippen LogP contribution in [-0.4, -0.2) is 40.1 Å². The highest BCUT2D eigenvalue weighted by Gasteiger charge is 2.27. The lowest BCUT2D eigenvalue weighted by molar-refractivity contribution is 0.485. The van der Waals surface area contributed by atoms with E-state index in [1.54, 1.807) is 6.20 Å². The maximum Gasteiger partial charge on any atom is 0.180 e. The molecule has 8 nitrogen and oxygen atoms in total. The molecule has 0 atom stereocenters. The first-order valence-corrected chi connectivity index (χ1v) is 8.61. The molecule has 4 aromatic rings. The van der Waals surface area contributed by atoms with Crippen molar-refractivity contribution in [3.05, 3.63) is 35.9 Å². The highest BCUT2D eigenvalue weighted by atomic mass is 15.2. The van der Waals surface area contributed by atoms with Gasteiger partial charge < -0.3 is 9.97 Å². The second kappa shape index (κ2) is 5.55. The van der Waals surface area contributed by atoms with Gasteiger partial charge in [-0.2, -0.15) is 5.10 Å². The molecule has 0 bridgehead atoms. The second-order valence-electron chi connectivity index (χ2n) is 8.31. The molecule has 0 amide bonds. The molecule has 134 valence electrons. The van der Waals surface area contributed by atoms with E-state index in [0.29, 0.717) is 6.42 Å². The molecule has 8 heteroatoms. The fraction of sp³-hybridized carbons (Fsp3) is 0.444. The summed E-state index contributed by atoms with van der Waals surface area (Å²) in [7, 11) is 0. The van der Waals surface area contributed by atoms with Crippen molar-refractivity contribution >= 4 is 22.3 Å². The van der Waals surface area contributed by atoms with Gasteiger partial charge in [-0.1, -0.05) is 34.6 Å². The average Bonchev–Trinajstić information content (AvgIpc) is 3.18. The third kappa shape index (κ3) is 2.91. The quantitative estimate of drug-likeness (QED) is 0.588. The summed E-state index contributed by atoms with van der Waals surface area (Å²) in [5.74, 6) is 1.77. The highest BCUT2D eigenvalue weighted by Crippen LogP contribution is 2.27. The van der Waals surface area contributed by atoms with Crippen LogP contribution in [0.3, 0.4) is 0 Å². The third-order valence-electron chi connectivity index (χ3n) is 4.43. The first-order valence-electron chi connectivity index (χ1n) is 8.61. The van der Waals surface area contributed by atoms with Crippen molar-refractivity contribution in [2.75, 3.05) is 0 Å². The van der Waals surface area contributed by atoms with Crippen molar-refractivity contribution in [1.82, 2.24) is 40.1 Å². The van der Waals surface area contributed by atoms with Gasteiger partial charge in [0.25, 0.3) is 0 Å². The summed E-state index contributed by atoms with van der Waals surface area (Å²) in [6.07, 6.45) is 3.91. The fourth-order valence-electron chi connectivity index (χ4n) is 2.91. The van der Waals surface area contributed by atoms with Gasteiger partial charge in [0.1, 0.15) is 29.0 Å². The van der Waals surface area contributed by atoms with Gasteiger partial charge in [-0.25, -0.2) is 19.9 Å². The van der Waals surface area contributed by atoms with E-state index in [2.05, 4.69) is 74.7 Å². The second-order valence-corrected chi connectivity index (χ2v) is 8.31. The molecule has 0 aliphatic rings. The number of fused-ring (bicyclic) bond motifs is 2. The van der Waals surface area contributed by atoms with Crippen molar-refractivity contribution in [2.45, 2.75) is 51.9 Å². The highest BCUT2D eigenvalue weighted by molar-refractivity contribution is 5.71. The SMILES string of the molecule is CC(C)(C)c1nc2cc(CC(C)(C)c3nc4cncnc4[nH]3)nnc2[nH]1. The number of hydrogen-bond donors (Lipinski definition) is 2. The van der Waals surface area contributed by atoms with E-state index in [-0.39, 0.29) is 10.8 Å². The van der Waals surface area contributed by atoms with Crippen LogP contribution in [0.5, 0.6) is 0 Å². The predicted octanol–water partition coefficient (Wildman–Crippen LogP) is 2.84. The molecular weight excluding hydrogens is 328 g/mol. The molecule has 0 saturated carbocycles. The lowest BCUT2D eigenvalue weighted by atomic mass is 9.87. The number of rotatable bonds is 3. The predicted molar refractivity (Wildman–Crippen MR) is 98.8 cm³/mol. The molecule has 4 heterocycles. The number of imidazole rings is 2. The Bertz CT molecular complexity index is 1050. The zero-order valence-corrected chi connectivity index (χ0v) is 15.6. The number of hydrogen-bond acceptors (Lipinski definition) is 6. The molecule has 0 aliphatic heterocycles. The fourth-order valence-corrected chi connectivity index (χ4v) is 2.91. The largest absolute Gasteiger partial charge is 0.326 e. The number of nitrogens with one attached hydrogen (secondary N) is 2. The van der Waals surface area contributed by atoms with Crippen molar-refractivity contribution in [2.24, 2.45) is 0 Å². The zero-order chi connectivity index (χ0) is 18.5. The Labute approximate surface area is 150 Å². The summed E-state index contributed by atoms with van der Waals surface area (Å²) >= 11 is 0. The summed E-state index contributed by atoms with van der Waals surface area (Å²) in [5, 5.41) is 8.69. The van der Waals surface area contributed by atoms with Gasteiger partial charge in [-0.05, 0) is 6.07 Å². The topological polar surface area (TPSA) is 109 Å². The Morgan fingerprint density at radius 2 is 1.62 bits per heavy atom. The molecule has 0 radical (unpaired) electrons. The molecule has 2 N–H and O–H groups in total. The minimum atomic E-state index is -0.258. The van der Waals surface area contributed by atoms with Crippen molar-refractivity contribution in [3.63, 3.8) is 0 Å². The van der Waals surface area contributed by atoms with Gasteiger partial charge in [-0.15, -0.1) is 5.10 Å². The van der Waals surface area contributed by atoms with Gasteiger partial charge in [-0.3, -0.25) is 0 Å². The van der Waals surface area contributed by atoms with E-state index in [1.165, 1.54) is 6.33 Å². The lowest BCUT2D eigenvalue weighted by Crippen LogP contribution is -2.23. The minimum Gasteiger partial charge on any atom is -0.326 e. The normalized spacial score (nSPS) is 13.0. The van der Waals surface area contributed by atoms with Crippen molar-refractivity contribution in [3.8, 4) is 0 Å². The molecule has 0 fully saturated rings. The maximum atomic E-state index is 4.68. The third-order valence-corrected chi connectivity index (χ3v) is 4.43. The maximum absolute atomic E-state index is 4.68. The van der Waals surface area contributed by atoms with Crippen LogP contribution in [0, 0.1) is 0 Å². The van der Waals surface area contributed by atoms with Gasteiger partial charge in [0.15, 0.2) is 11.3 Å². The zero-order valence-electron chi connectivity index (χ0n) is 15.6. The molecule has 4 rings (SSSR count). The Kier molecular flexibility index (Phi) is 3.54. The van der Waals surface area contributed by atoms with Gasteiger partial charge in [0.2, 0.25) is 0 Å². The molecule has 0 unspecified atom stereocenters. The van der Waals surface area contributed by atoms with Crippen molar-refractivity contribution < 1.29 is 0 Å². The van der Waals surface area contributed by atoms with Crippen LogP contribution in [0.1, 0.15) is 52.0 Å². The molecule has 4 aromatic heterocycles. The summed E-state index contributed by atoms with van der Waals surface area (Å²) in [4.78, 5) is 24.1. The van der Waals surface area contributed by atoms with Gasteiger partial charge in [0.05, 0.1) is 11.9 Å². The average molecular weight is 350 g/mol. The molecule has 0 spiro atoms. The number of aromatic nitrogens is 8. The van der Waals surface area contributed by atoms with E-state index in [4.69, 9.17) is 0 Å². The van der Waals surface area contributed by atoms with E-state index in [0.717, 1.165) is 39.7 Å². The van der Waals surface area contributed by atoms with Gasteiger partial charge in [0, 0.05) is 17.3 Å². The van der Waals surface area contributed by atoms with Crippen molar-refractivity contribution in [1.29, 1.82) is 0 Å². The molecule has 0 aromatic carbocycles. The Morgan fingerprint density at radius 1 is 0.885 bits per heavy atom. The molecular formula is C18H22N8. The van der Waals surface area contributed by atoms with E-state index >= 15 is 0 Å². The Balaban J connectivity index is 1.66. The monoisotopic (exact) mass is 350 g/mol. The number of aromatic amines is 2. The number of H-pyrrole nitrogens is 2. The van der Waals surface area contributed by atoms with Crippen LogP contribution in [0.15, 0.2) is 18.6 Å². The molecule has 26 heavy (non-hydrogen) atoms. The summed E-state index contributed by atoms with van der Waals surface area (Å²) in [6, 6.07) is 2.00. The van der Waals surface area contributed by atoms with E-state index in [9.17, 15) is 0 Å². The first kappa shape index (κ1) is 16.6. The Morgan fingerprint density at radius 3 is 2.35 bits per heavy atom. The van der Waals surface area contributed by atoms with Crippen LogP contribution >= 0.6 is 0 Å². The number of nitrogens with zero attached hydrogens (tertiary/aromatic N) is 6. The molecule has 0 saturated heterocycles. The standard InChI is InChI=1S/C18H22N8/c1-17(2,3)15-21-11-6-10(25-26-14(11)24-15)7-18(4,5)16-22-12-8-19-9-20-13(12)23-16/h6,8-9H,7H2,1-5H3,(H,21,24,26)(H,19,20,22,23). The van der Waals surface area contributed by atoms with Crippen LogP contribution in [0.2, 0.25) is 0 Å². The summed E-state index contributed by atoms with van der Waals surface area (Å²) in [5.41, 5.74) is 3.62.